The Morgan fingerprint density at radius 2 is 2.21 bits per heavy atom. The van der Waals surface area contributed by atoms with Gasteiger partial charge in [-0.05, 0) is 25.0 Å². The molecule has 1 aliphatic rings. The number of hydrogen-bond donors (Lipinski definition) is 2. The average molecular weight is 328 g/mol. The van der Waals surface area contributed by atoms with Crippen molar-refractivity contribution in [2.75, 3.05) is 19.6 Å². The van der Waals surface area contributed by atoms with Crippen molar-refractivity contribution in [3.05, 3.63) is 47.8 Å². The molecule has 0 aliphatic carbocycles. The lowest BCUT2D eigenvalue weighted by atomic mass is 10.0. The van der Waals surface area contributed by atoms with Gasteiger partial charge in [-0.25, -0.2) is 9.78 Å². The van der Waals surface area contributed by atoms with Crippen molar-refractivity contribution in [1.82, 2.24) is 24.8 Å². The van der Waals surface area contributed by atoms with Crippen molar-refractivity contribution < 1.29 is 4.79 Å². The van der Waals surface area contributed by atoms with Gasteiger partial charge in [-0.2, -0.15) is 0 Å². The number of aromatic nitrogens is 3. The summed E-state index contributed by atoms with van der Waals surface area (Å²) in [6, 6.07) is 3.88. The molecule has 7 heteroatoms. The number of hydrogen-bond acceptors (Lipinski definition) is 4. The van der Waals surface area contributed by atoms with E-state index in [4.69, 9.17) is 5.73 Å². The molecule has 3 rings (SSSR count). The number of nitrogens with two attached hydrogens (primary N) is 1. The molecule has 0 unspecified atom stereocenters. The number of nitrogens with one attached hydrogen (secondary N) is 1. The second kappa shape index (κ2) is 7.00. The SMILES string of the molecule is Cc1ccc(CCNC(=O)N2C[C@@H](N)[C@H](c3cn(C)cn3)C2)cn1. The first-order valence-corrected chi connectivity index (χ1v) is 8.20. The number of pyridine rings is 1. The number of likely N-dealkylation sites (tertiary alicyclic amines) is 1. The number of nitrogens with zero attached hydrogens (tertiary/aromatic N) is 4. The quantitative estimate of drug-likeness (QED) is 0.869. The van der Waals surface area contributed by atoms with E-state index < -0.39 is 0 Å². The highest BCUT2D eigenvalue weighted by atomic mass is 16.2. The lowest BCUT2D eigenvalue weighted by Crippen LogP contribution is -2.40. The zero-order valence-corrected chi connectivity index (χ0v) is 14.1. The first-order valence-electron chi connectivity index (χ1n) is 8.20. The number of carbonyl (C=O) groups excluding carboxylic acids is 1. The van der Waals surface area contributed by atoms with E-state index in [9.17, 15) is 4.79 Å². The van der Waals surface area contributed by atoms with E-state index in [1.165, 1.54) is 0 Å². The molecule has 3 N–H and O–H groups in total. The normalized spacial score (nSPS) is 20.4. The Kier molecular flexibility index (Phi) is 4.80. The predicted molar refractivity (Wildman–Crippen MR) is 91.6 cm³/mol. The number of urea groups is 1. The van der Waals surface area contributed by atoms with Crippen LogP contribution in [0.2, 0.25) is 0 Å². The molecule has 3 heterocycles. The van der Waals surface area contributed by atoms with Gasteiger partial charge in [0.25, 0.3) is 0 Å². The number of amides is 2. The predicted octanol–water partition coefficient (Wildman–Crippen LogP) is 0.802. The minimum absolute atomic E-state index is 0.0658. The Morgan fingerprint density at radius 3 is 2.88 bits per heavy atom. The fourth-order valence-corrected chi connectivity index (χ4v) is 3.00. The van der Waals surface area contributed by atoms with Crippen molar-refractivity contribution in [3.63, 3.8) is 0 Å². The third-order valence-electron chi connectivity index (χ3n) is 4.42. The number of carbonyl (C=O) groups is 1. The molecule has 2 atom stereocenters. The molecule has 7 nitrogen and oxygen atoms in total. The standard InChI is InChI=1S/C17H24N6O/c1-12-3-4-13(7-20-12)5-6-19-17(24)23-8-14(15(18)9-23)16-10-22(2)11-21-16/h3-4,7,10-11,14-15H,5-6,8-9,18H2,1-2H3,(H,19,24)/t14-,15-/m1/s1. The van der Waals surface area contributed by atoms with Crippen LogP contribution in [0.15, 0.2) is 30.9 Å². The van der Waals surface area contributed by atoms with Crippen LogP contribution in [0.5, 0.6) is 0 Å². The van der Waals surface area contributed by atoms with Gasteiger partial charge >= 0.3 is 6.03 Å². The van der Waals surface area contributed by atoms with Crippen molar-refractivity contribution in [2.45, 2.75) is 25.3 Å². The maximum absolute atomic E-state index is 12.3. The molecule has 0 aromatic carbocycles. The Morgan fingerprint density at radius 1 is 1.38 bits per heavy atom. The van der Waals surface area contributed by atoms with E-state index in [0.29, 0.717) is 19.6 Å². The van der Waals surface area contributed by atoms with Gasteiger partial charge < -0.3 is 20.5 Å². The molecule has 1 saturated heterocycles. The molecular weight excluding hydrogens is 304 g/mol. The molecule has 0 spiro atoms. The highest BCUT2D eigenvalue weighted by molar-refractivity contribution is 5.74. The van der Waals surface area contributed by atoms with Gasteiger partial charge in [0.2, 0.25) is 0 Å². The zero-order valence-electron chi connectivity index (χ0n) is 14.1. The van der Waals surface area contributed by atoms with Crippen LogP contribution < -0.4 is 11.1 Å². The summed E-state index contributed by atoms with van der Waals surface area (Å²) in [5.74, 6) is 0.0956. The smallest absolute Gasteiger partial charge is 0.317 e. The van der Waals surface area contributed by atoms with E-state index in [-0.39, 0.29) is 18.0 Å². The first kappa shape index (κ1) is 16.4. The van der Waals surface area contributed by atoms with Crippen LogP contribution in [0.3, 0.4) is 0 Å². The van der Waals surface area contributed by atoms with Gasteiger partial charge in [-0.15, -0.1) is 0 Å². The van der Waals surface area contributed by atoms with Crippen LogP contribution in [-0.2, 0) is 13.5 Å². The molecule has 128 valence electrons. The molecule has 2 amide bonds. The van der Waals surface area contributed by atoms with Crippen LogP contribution in [0, 0.1) is 6.92 Å². The molecule has 24 heavy (non-hydrogen) atoms. The number of rotatable bonds is 4. The van der Waals surface area contributed by atoms with Crippen molar-refractivity contribution in [3.8, 4) is 0 Å². The summed E-state index contributed by atoms with van der Waals surface area (Å²) in [7, 11) is 1.93. The number of aryl methyl sites for hydroxylation is 2. The van der Waals surface area contributed by atoms with Crippen LogP contribution in [0.25, 0.3) is 0 Å². The Labute approximate surface area is 141 Å². The van der Waals surface area contributed by atoms with E-state index in [2.05, 4.69) is 15.3 Å². The molecule has 1 aliphatic heterocycles. The van der Waals surface area contributed by atoms with Gasteiger partial charge in [-0.3, -0.25) is 4.98 Å². The van der Waals surface area contributed by atoms with E-state index in [0.717, 1.165) is 23.4 Å². The molecular formula is C17H24N6O. The second-order valence-electron chi connectivity index (χ2n) is 6.43. The van der Waals surface area contributed by atoms with Crippen LogP contribution in [0.1, 0.15) is 22.9 Å². The monoisotopic (exact) mass is 328 g/mol. The molecule has 2 aromatic heterocycles. The summed E-state index contributed by atoms with van der Waals surface area (Å²) >= 11 is 0. The van der Waals surface area contributed by atoms with Gasteiger partial charge in [0.1, 0.15) is 0 Å². The number of imidazole rings is 1. The maximum Gasteiger partial charge on any atom is 0.317 e. The highest BCUT2D eigenvalue weighted by Crippen LogP contribution is 2.24. The fourth-order valence-electron chi connectivity index (χ4n) is 3.00. The van der Waals surface area contributed by atoms with Crippen LogP contribution >= 0.6 is 0 Å². The Bertz CT molecular complexity index is 695. The van der Waals surface area contributed by atoms with E-state index >= 15 is 0 Å². The zero-order chi connectivity index (χ0) is 17.1. The van der Waals surface area contributed by atoms with Gasteiger partial charge in [0.05, 0.1) is 12.0 Å². The Hall–Kier alpha value is -2.41. The summed E-state index contributed by atoms with van der Waals surface area (Å²) in [6.45, 7) is 3.71. The summed E-state index contributed by atoms with van der Waals surface area (Å²) in [5, 5.41) is 2.96. The highest BCUT2D eigenvalue weighted by Gasteiger charge is 2.35. The van der Waals surface area contributed by atoms with Gasteiger partial charge in [0, 0.05) is 56.7 Å². The van der Waals surface area contributed by atoms with Crippen molar-refractivity contribution >= 4 is 6.03 Å². The molecule has 0 bridgehead atoms. The molecule has 1 fully saturated rings. The summed E-state index contributed by atoms with van der Waals surface area (Å²) in [6.07, 6.45) is 6.35. The lowest BCUT2D eigenvalue weighted by Gasteiger charge is -2.17. The largest absolute Gasteiger partial charge is 0.340 e. The van der Waals surface area contributed by atoms with Crippen molar-refractivity contribution in [2.24, 2.45) is 12.8 Å². The minimum atomic E-state index is -0.0769. The van der Waals surface area contributed by atoms with Crippen molar-refractivity contribution in [1.29, 1.82) is 0 Å². The second-order valence-corrected chi connectivity index (χ2v) is 6.43. The Balaban J connectivity index is 1.49. The fraction of sp³-hybridized carbons (Fsp3) is 0.471. The van der Waals surface area contributed by atoms with Crippen LogP contribution in [-0.4, -0.2) is 51.1 Å². The summed E-state index contributed by atoms with van der Waals surface area (Å²) in [5.41, 5.74) is 9.26. The molecule has 2 aromatic rings. The third-order valence-corrected chi connectivity index (χ3v) is 4.42. The van der Waals surface area contributed by atoms with E-state index in [1.54, 1.807) is 11.2 Å². The molecule has 0 saturated carbocycles. The molecule has 0 radical (unpaired) electrons. The minimum Gasteiger partial charge on any atom is -0.340 e. The third kappa shape index (κ3) is 3.73. The lowest BCUT2D eigenvalue weighted by molar-refractivity contribution is 0.208. The summed E-state index contributed by atoms with van der Waals surface area (Å²) in [4.78, 5) is 22.7. The van der Waals surface area contributed by atoms with Crippen LogP contribution in [0.4, 0.5) is 4.79 Å². The van der Waals surface area contributed by atoms with Gasteiger partial charge in [-0.1, -0.05) is 6.07 Å². The average Bonchev–Trinajstić information content (AvgIpc) is 3.15. The van der Waals surface area contributed by atoms with Gasteiger partial charge in [0.15, 0.2) is 0 Å². The summed E-state index contributed by atoms with van der Waals surface area (Å²) < 4.78 is 1.90. The topological polar surface area (TPSA) is 89.1 Å². The first-order chi connectivity index (χ1) is 11.5. The van der Waals surface area contributed by atoms with E-state index in [1.807, 2.05) is 43.1 Å². The maximum atomic E-state index is 12.3.